The Kier molecular flexibility index (Phi) is 5.77. The molecule has 1 aliphatic rings. The zero-order chi connectivity index (χ0) is 20.2. The fourth-order valence-electron chi connectivity index (χ4n) is 3.15. The first-order chi connectivity index (χ1) is 14.1. The van der Waals surface area contributed by atoms with Crippen molar-refractivity contribution < 1.29 is 14.4 Å². The lowest BCUT2D eigenvalue weighted by atomic mass is 9.89. The summed E-state index contributed by atoms with van der Waals surface area (Å²) in [5.74, 6) is -0.972. The van der Waals surface area contributed by atoms with E-state index in [0.29, 0.717) is 34.2 Å². The molecule has 2 amide bonds. The number of aromatic nitrogens is 2. The SMILES string of the molecule is O=C(Nc1nc2c(s1)C(=O)C[C@@H](C(=O)NCCc1cccs1)C2)c1ccncc1. The van der Waals surface area contributed by atoms with Crippen molar-refractivity contribution in [2.75, 3.05) is 11.9 Å². The number of hydrogen-bond acceptors (Lipinski definition) is 7. The van der Waals surface area contributed by atoms with Crippen LogP contribution in [0.15, 0.2) is 42.0 Å². The molecule has 0 radical (unpaired) electrons. The molecule has 3 aromatic rings. The largest absolute Gasteiger partial charge is 0.355 e. The molecule has 0 bridgehead atoms. The van der Waals surface area contributed by atoms with Crippen LogP contribution < -0.4 is 10.6 Å². The average Bonchev–Trinajstić information content (AvgIpc) is 3.38. The molecule has 0 unspecified atom stereocenters. The Labute approximate surface area is 175 Å². The van der Waals surface area contributed by atoms with E-state index in [1.165, 1.54) is 17.3 Å². The van der Waals surface area contributed by atoms with Crippen molar-refractivity contribution in [1.29, 1.82) is 0 Å². The number of rotatable bonds is 6. The number of fused-ring (bicyclic) bond motifs is 1. The Balaban J connectivity index is 1.38. The topological polar surface area (TPSA) is 101 Å². The molecule has 1 aliphatic carbocycles. The van der Waals surface area contributed by atoms with E-state index in [1.807, 2.05) is 17.5 Å². The fraction of sp³-hybridized carbons (Fsp3) is 0.250. The molecule has 0 saturated heterocycles. The van der Waals surface area contributed by atoms with E-state index in [9.17, 15) is 14.4 Å². The van der Waals surface area contributed by atoms with E-state index in [-0.39, 0.29) is 24.0 Å². The third kappa shape index (κ3) is 4.57. The van der Waals surface area contributed by atoms with E-state index < -0.39 is 5.92 Å². The van der Waals surface area contributed by atoms with E-state index in [1.54, 1.807) is 23.5 Å². The summed E-state index contributed by atoms with van der Waals surface area (Å²) in [7, 11) is 0. The lowest BCUT2D eigenvalue weighted by Gasteiger charge is -2.19. The highest BCUT2D eigenvalue weighted by Gasteiger charge is 2.33. The number of thiazole rings is 1. The monoisotopic (exact) mass is 426 g/mol. The van der Waals surface area contributed by atoms with Crippen LogP contribution in [0, 0.1) is 5.92 Å². The summed E-state index contributed by atoms with van der Waals surface area (Å²) in [6.07, 6.45) is 4.41. The first-order valence-corrected chi connectivity index (χ1v) is 10.8. The van der Waals surface area contributed by atoms with Crippen molar-refractivity contribution in [3.05, 3.63) is 63.1 Å². The van der Waals surface area contributed by atoms with Gasteiger partial charge in [0.25, 0.3) is 5.91 Å². The molecule has 3 heterocycles. The van der Waals surface area contributed by atoms with Crippen molar-refractivity contribution in [3.63, 3.8) is 0 Å². The molecular formula is C20H18N4O3S2. The molecule has 7 nitrogen and oxygen atoms in total. The smallest absolute Gasteiger partial charge is 0.257 e. The van der Waals surface area contributed by atoms with Crippen LogP contribution in [0.1, 0.15) is 37.0 Å². The minimum Gasteiger partial charge on any atom is -0.355 e. The highest BCUT2D eigenvalue weighted by Crippen LogP contribution is 2.32. The molecule has 0 spiro atoms. The molecule has 0 fully saturated rings. The minimum atomic E-state index is -0.427. The van der Waals surface area contributed by atoms with E-state index in [2.05, 4.69) is 20.6 Å². The maximum atomic E-state index is 12.5. The van der Waals surface area contributed by atoms with Gasteiger partial charge in [-0.15, -0.1) is 11.3 Å². The number of Topliss-reactive ketones (excluding diaryl/α,β-unsaturated/α-hetero) is 1. The van der Waals surface area contributed by atoms with E-state index >= 15 is 0 Å². The molecule has 0 aliphatic heterocycles. The van der Waals surface area contributed by atoms with Crippen molar-refractivity contribution in [2.45, 2.75) is 19.3 Å². The van der Waals surface area contributed by atoms with Crippen molar-refractivity contribution in [1.82, 2.24) is 15.3 Å². The summed E-state index contributed by atoms with van der Waals surface area (Å²) in [4.78, 5) is 47.3. The molecule has 0 aromatic carbocycles. The number of amides is 2. The zero-order valence-corrected chi connectivity index (χ0v) is 17.0. The highest BCUT2D eigenvalue weighted by atomic mass is 32.1. The van der Waals surface area contributed by atoms with Gasteiger partial charge in [0.15, 0.2) is 10.9 Å². The van der Waals surface area contributed by atoms with Gasteiger partial charge in [0, 0.05) is 42.2 Å². The molecular weight excluding hydrogens is 408 g/mol. The van der Waals surface area contributed by atoms with Crippen LogP contribution in [0.25, 0.3) is 0 Å². The van der Waals surface area contributed by atoms with Crippen LogP contribution in [-0.2, 0) is 17.6 Å². The van der Waals surface area contributed by atoms with Crippen molar-refractivity contribution in [2.24, 2.45) is 5.92 Å². The normalized spacial score (nSPS) is 15.6. The number of carbonyl (C=O) groups is 3. The van der Waals surface area contributed by atoms with Crippen LogP contribution in [0.2, 0.25) is 0 Å². The summed E-state index contributed by atoms with van der Waals surface area (Å²) >= 11 is 2.81. The Hall–Kier alpha value is -2.91. The fourth-order valence-corrected chi connectivity index (χ4v) is 4.80. The third-order valence-electron chi connectivity index (χ3n) is 4.61. The second kappa shape index (κ2) is 8.62. The summed E-state index contributed by atoms with van der Waals surface area (Å²) < 4.78 is 0. The Morgan fingerprint density at radius 2 is 2.00 bits per heavy atom. The molecule has 0 saturated carbocycles. The van der Waals surface area contributed by atoms with E-state index in [4.69, 9.17) is 0 Å². The number of ketones is 1. The van der Waals surface area contributed by atoms with Crippen LogP contribution in [-0.4, -0.2) is 34.1 Å². The van der Waals surface area contributed by atoms with Gasteiger partial charge in [-0.3, -0.25) is 24.7 Å². The van der Waals surface area contributed by atoms with Gasteiger partial charge in [-0.1, -0.05) is 17.4 Å². The first-order valence-electron chi connectivity index (χ1n) is 9.14. The second-order valence-corrected chi connectivity index (χ2v) is 8.66. The molecule has 1 atom stereocenters. The van der Waals surface area contributed by atoms with Gasteiger partial charge in [-0.2, -0.15) is 0 Å². The minimum absolute atomic E-state index is 0.105. The maximum absolute atomic E-state index is 12.5. The summed E-state index contributed by atoms with van der Waals surface area (Å²) in [5.41, 5.74) is 1.04. The Bertz CT molecular complexity index is 1030. The number of nitrogens with zero attached hydrogens (tertiary/aromatic N) is 2. The zero-order valence-electron chi connectivity index (χ0n) is 15.4. The van der Waals surface area contributed by atoms with Crippen LogP contribution in [0.3, 0.4) is 0 Å². The van der Waals surface area contributed by atoms with Crippen LogP contribution >= 0.6 is 22.7 Å². The lowest BCUT2D eigenvalue weighted by Crippen LogP contribution is -2.36. The Morgan fingerprint density at radius 3 is 2.76 bits per heavy atom. The number of anilines is 1. The van der Waals surface area contributed by atoms with Crippen LogP contribution in [0.4, 0.5) is 5.13 Å². The quantitative estimate of drug-likeness (QED) is 0.631. The maximum Gasteiger partial charge on any atom is 0.257 e. The number of nitrogens with one attached hydrogen (secondary N) is 2. The summed E-state index contributed by atoms with van der Waals surface area (Å²) in [6.45, 7) is 0.543. The summed E-state index contributed by atoms with van der Waals surface area (Å²) in [5, 5.41) is 8.01. The standard InChI is InChI=1S/C20H18N4O3S2/c25-16-11-13(18(26)22-8-5-14-2-1-9-28-14)10-15-17(16)29-20(23-15)24-19(27)12-3-6-21-7-4-12/h1-4,6-7,9,13H,5,8,10-11H2,(H,22,26)(H,23,24,27)/t13-/m0/s1. The number of thiophene rings is 1. The molecule has 4 rings (SSSR count). The number of hydrogen-bond donors (Lipinski definition) is 2. The predicted octanol–water partition coefficient (Wildman–Crippen LogP) is 2.96. The second-order valence-electron chi connectivity index (χ2n) is 6.63. The molecule has 29 heavy (non-hydrogen) atoms. The molecule has 3 aromatic heterocycles. The van der Waals surface area contributed by atoms with Gasteiger partial charge in [0.1, 0.15) is 0 Å². The number of pyridine rings is 1. The first kappa shape index (κ1) is 19.4. The highest BCUT2D eigenvalue weighted by molar-refractivity contribution is 7.17. The third-order valence-corrected chi connectivity index (χ3v) is 6.60. The van der Waals surface area contributed by atoms with Crippen molar-refractivity contribution >= 4 is 45.4 Å². The van der Waals surface area contributed by atoms with Crippen molar-refractivity contribution in [3.8, 4) is 0 Å². The Morgan fingerprint density at radius 1 is 1.17 bits per heavy atom. The average molecular weight is 427 g/mol. The molecule has 148 valence electrons. The lowest BCUT2D eigenvalue weighted by molar-refractivity contribution is -0.125. The van der Waals surface area contributed by atoms with Gasteiger partial charge in [-0.25, -0.2) is 4.98 Å². The predicted molar refractivity (Wildman–Crippen MR) is 111 cm³/mol. The summed E-state index contributed by atoms with van der Waals surface area (Å²) in [6, 6.07) is 7.22. The van der Waals surface area contributed by atoms with Gasteiger partial charge in [-0.05, 0) is 30.0 Å². The van der Waals surface area contributed by atoms with Crippen LogP contribution in [0.5, 0.6) is 0 Å². The molecule has 9 heteroatoms. The van der Waals surface area contributed by atoms with Gasteiger partial charge < -0.3 is 5.32 Å². The van der Waals surface area contributed by atoms with Gasteiger partial charge in [0.2, 0.25) is 5.91 Å². The number of carbonyl (C=O) groups excluding carboxylic acids is 3. The van der Waals surface area contributed by atoms with Gasteiger partial charge >= 0.3 is 0 Å². The molecule has 2 N–H and O–H groups in total. The van der Waals surface area contributed by atoms with Gasteiger partial charge in [0.05, 0.1) is 16.5 Å². The van der Waals surface area contributed by atoms with E-state index in [0.717, 1.165) is 17.8 Å².